The summed E-state index contributed by atoms with van der Waals surface area (Å²) in [5, 5.41) is 10.6. The van der Waals surface area contributed by atoms with E-state index in [9.17, 15) is 43.2 Å². The van der Waals surface area contributed by atoms with Gasteiger partial charge in [0.2, 0.25) is 0 Å². The Balaban J connectivity index is 5.24. The molecule has 19 heteroatoms. The summed E-state index contributed by atoms with van der Waals surface area (Å²) in [5.41, 5.74) is 0. The Kier molecular flexibility index (Phi) is 70.3. The van der Waals surface area contributed by atoms with Crippen LogP contribution in [0.2, 0.25) is 0 Å². The Morgan fingerprint density at radius 2 is 0.515 bits per heavy atom. The van der Waals surface area contributed by atoms with Gasteiger partial charge in [0.05, 0.1) is 26.4 Å². The van der Waals surface area contributed by atoms with Crippen LogP contribution < -0.4 is 0 Å². The predicted octanol–water partition coefficient (Wildman–Crippen LogP) is 23.9. The highest BCUT2D eigenvalue weighted by Crippen LogP contribution is 2.45. The molecule has 0 aliphatic rings. The second-order valence-corrected chi connectivity index (χ2v) is 32.4. The van der Waals surface area contributed by atoms with Crippen molar-refractivity contribution in [1.82, 2.24) is 0 Å². The average Bonchev–Trinajstić information content (AvgIpc) is 0.992. The van der Waals surface area contributed by atoms with E-state index in [1.54, 1.807) is 0 Å². The van der Waals surface area contributed by atoms with Crippen LogP contribution in [0.1, 0.15) is 420 Å². The molecular weight excluding hydrogens is 1290 g/mol. The first-order chi connectivity index (χ1) is 47.9. The van der Waals surface area contributed by atoms with Gasteiger partial charge in [-0.05, 0) is 37.5 Å². The van der Waals surface area contributed by atoms with Crippen LogP contribution in [-0.2, 0) is 65.4 Å². The number of phosphoric acid groups is 2. The van der Waals surface area contributed by atoms with Gasteiger partial charge in [0.1, 0.15) is 19.3 Å². The molecular formula is C80H156O17P2. The van der Waals surface area contributed by atoms with Crippen LogP contribution in [-0.4, -0.2) is 96.7 Å². The maximum atomic E-state index is 13.1. The summed E-state index contributed by atoms with van der Waals surface area (Å²) in [5.74, 6) is -0.507. The molecule has 3 N–H and O–H groups in total. The molecule has 0 spiro atoms. The van der Waals surface area contributed by atoms with Crippen LogP contribution in [0, 0.1) is 11.8 Å². The van der Waals surface area contributed by atoms with Gasteiger partial charge in [-0.25, -0.2) is 9.13 Å². The average molecular weight is 1450 g/mol. The van der Waals surface area contributed by atoms with E-state index in [0.29, 0.717) is 25.7 Å². The summed E-state index contributed by atoms with van der Waals surface area (Å²) >= 11 is 0. The van der Waals surface area contributed by atoms with Gasteiger partial charge in [0.25, 0.3) is 0 Å². The molecule has 0 saturated heterocycles. The lowest BCUT2D eigenvalue weighted by Gasteiger charge is -2.21. The van der Waals surface area contributed by atoms with Gasteiger partial charge in [-0.2, -0.15) is 0 Å². The van der Waals surface area contributed by atoms with Gasteiger partial charge in [0.15, 0.2) is 12.2 Å². The Morgan fingerprint density at radius 3 is 0.768 bits per heavy atom. The van der Waals surface area contributed by atoms with Crippen LogP contribution in [0.15, 0.2) is 0 Å². The molecule has 0 saturated carbocycles. The van der Waals surface area contributed by atoms with Crippen LogP contribution in [0.4, 0.5) is 0 Å². The van der Waals surface area contributed by atoms with Crippen molar-refractivity contribution in [3.63, 3.8) is 0 Å². The van der Waals surface area contributed by atoms with Crippen molar-refractivity contribution in [2.75, 3.05) is 39.6 Å². The predicted molar refractivity (Wildman–Crippen MR) is 405 cm³/mol. The molecule has 0 rings (SSSR count). The van der Waals surface area contributed by atoms with Crippen molar-refractivity contribution >= 4 is 39.5 Å². The standard InChI is InChI=1S/C80H156O17P2/c1-7-10-12-14-16-18-20-21-22-23-24-25-30-33-40-46-52-58-64-79(84)96-76(69-91-78(83)63-57-51-45-39-32-29-27-26-28-31-36-42-48-54-60-72(4)5)71-95-99(88,89)93-67-74(81)66-92-98(86,87)94-70-75(68-90-77(82)62-56-50-44-38-19-17-15-13-11-8-2)97-80(85)65-59-53-47-41-35-34-37-43-49-55-61-73(6)9-3/h72-76,81H,7-71H2,1-6H3,(H,86,87)(H,88,89)/t73?,74-,75+,76+/m0/s1. The molecule has 0 bridgehead atoms. The minimum absolute atomic E-state index is 0.107. The zero-order valence-electron chi connectivity index (χ0n) is 64.8. The first kappa shape index (κ1) is 97.1. The third kappa shape index (κ3) is 72.8. The normalized spacial score (nSPS) is 14.2. The van der Waals surface area contributed by atoms with Crippen LogP contribution in [0.3, 0.4) is 0 Å². The number of hydrogen-bond donors (Lipinski definition) is 3. The van der Waals surface area contributed by atoms with Crippen molar-refractivity contribution in [1.29, 1.82) is 0 Å². The van der Waals surface area contributed by atoms with E-state index in [1.807, 2.05) is 0 Å². The van der Waals surface area contributed by atoms with Crippen molar-refractivity contribution in [3.05, 3.63) is 0 Å². The number of unbranched alkanes of at least 4 members (excludes halogenated alkanes) is 48. The molecule has 17 nitrogen and oxygen atoms in total. The molecule has 0 amide bonds. The Hall–Kier alpha value is -1.94. The highest BCUT2D eigenvalue weighted by molar-refractivity contribution is 7.47. The molecule has 0 aliphatic heterocycles. The number of hydrogen-bond acceptors (Lipinski definition) is 15. The Labute approximate surface area is 607 Å². The summed E-state index contributed by atoms with van der Waals surface area (Å²) in [4.78, 5) is 73.0. The summed E-state index contributed by atoms with van der Waals surface area (Å²) in [6.07, 6.45) is 60.9. The van der Waals surface area contributed by atoms with Gasteiger partial charge >= 0.3 is 39.5 Å². The molecule has 0 aliphatic carbocycles. The lowest BCUT2D eigenvalue weighted by Crippen LogP contribution is -2.30. The fraction of sp³-hybridized carbons (Fsp3) is 0.950. The van der Waals surface area contributed by atoms with E-state index in [-0.39, 0.29) is 25.7 Å². The van der Waals surface area contributed by atoms with Gasteiger partial charge in [-0.15, -0.1) is 0 Å². The highest BCUT2D eigenvalue weighted by atomic mass is 31.2. The van der Waals surface area contributed by atoms with E-state index in [4.69, 9.17) is 37.0 Å². The molecule has 99 heavy (non-hydrogen) atoms. The zero-order valence-corrected chi connectivity index (χ0v) is 66.6. The lowest BCUT2D eigenvalue weighted by molar-refractivity contribution is -0.161. The molecule has 0 radical (unpaired) electrons. The molecule has 3 unspecified atom stereocenters. The number of carbonyl (C=O) groups is 4. The topological polar surface area (TPSA) is 237 Å². The summed E-state index contributed by atoms with van der Waals surface area (Å²) < 4.78 is 68.7. The quantitative estimate of drug-likeness (QED) is 0.0222. The smallest absolute Gasteiger partial charge is 0.462 e. The maximum Gasteiger partial charge on any atom is 0.472 e. The molecule has 588 valence electrons. The van der Waals surface area contributed by atoms with E-state index >= 15 is 0 Å². The largest absolute Gasteiger partial charge is 0.472 e. The monoisotopic (exact) mass is 1450 g/mol. The van der Waals surface area contributed by atoms with E-state index < -0.39 is 97.5 Å². The summed E-state index contributed by atoms with van der Waals surface area (Å²) in [6.45, 7) is 9.67. The summed E-state index contributed by atoms with van der Waals surface area (Å²) in [6, 6.07) is 0. The minimum atomic E-state index is -4.96. The number of ether oxygens (including phenoxy) is 4. The fourth-order valence-electron chi connectivity index (χ4n) is 12.3. The number of aliphatic hydroxyl groups is 1. The van der Waals surface area contributed by atoms with Crippen LogP contribution in [0.5, 0.6) is 0 Å². The lowest BCUT2D eigenvalue weighted by atomic mass is 9.99. The number of carbonyl (C=O) groups excluding carboxylic acids is 4. The molecule has 0 aromatic heterocycles. The third-order valence-electron chi connectivity index (χ3n) is 19.1. The van der Waals surface area contributed by atoms with Gasteiger partial charge < -0.3 is 33.8 Å². The summed E-state index contributed by atoms with van der Waals surface area (Å²) in [7, 11) is -9.92. The van der Waals surface area contributed by atoms with Gasteiger partial charge in [-0.3, -0.25) is 37.3 Å². The highest BCUT2D eigenvalue weighted by Gasteiger charge is 2.30. The van der Waals surface area contributed by atoms with Crippen LogP contribution in [0.25, 0.3) is 0 Å². The van der Waals surface area contributed by atoms with Crippen molar-refractivity contribution in [3.8, 4) is 0 Å². The van der Waals surface area contributed by atoms with E-state index in [1.165, 1.54) is 238 Å². The van der Waals surface area contributed by atoms with Gasteiger partial charge in [-0.1, -0.05) is 369 Å². The second-order valence-electron chi connectivity index (χ2n) is 29.5. The Morgan fingerprint density at radius 1 is 0.293 bits per heavy atom. The minimum Gasteiger partial charge on any atom is -0.462 e. The van der Waals surface area contributed by atoms with E-state index in [0.717, 1.165) is 102 Å². The molecule has 0 fully saturated rings. The molecule has 6 atom stereocenters. The van der Waals surface area contributed by atoms with Crippen molar-refractivity contribution in [2.45, 2.75) is 439 Å². The van der Waals surface area contributed by atoms with E-state index in [2.05, 4.69) is 41.5 Å². The van der Waals surface area contributed by atoms with Crippen LogP contribution >= 0.6 is 15.6 Å². The number of phosphoric ester groups is 2. The molecule has 0 heterocycles. The first-order valence-electron chi connectivity index (χ1n) is 41.5. The van der Waals surface area contributed by atoms with Gasteiger partial charge in [0, 0.05) is 25.7 Å². The first-order valence-corrected chi connectivity index (χ1v) is 44.5. The van der Waals surface area contributed by atoms with Crippen molar-refractivity contribution < 1.29 is 80.2 Å². The fourth-order valence-corrected chi connectivity index (χ4v) is 13.9. The second kappa shape index (κ2) is 71.7. The number of esters is 4. The molecule has 0 aromatic rings. The Bertz CT molecular complexity index is 1910. The molecule has 0 aromatic carbocycles. The third-order valence-corrected chi connectivity index (χ3v) is 21.0. The zero-order chi connectivity index (χ0) is 72.8. The maximum absolute atomic E-state index is 13.1. The number of aliphatic hydroxyl groups excluding tert-OH is 1. The number of rotatable bonds is 79. The van der Waals surface area contributed by atoms with Crippen molar-refractivity contribution in [2.24, 2.45) is 11.8 Å². The SMILES string of the molecule is CCCCCCCCCCCCCCCCCCCCC(=O)O[C@H](COC(=O)CCCCCCCCCCCCCCCCC(C)C)COP(=O)(O)OC[C@@H](O)COP(=O)(O)OC[C@@H](COC(=O)CCCCCCCCCCCC)OC(=O)CCCCCCCCCCCCC(C)CC.